The van der Waals surface area contributed by atoms with Crippen molar-refractivity contribution in [2.75, 3.05) is 19.6 Å². The van der Waals surface area contributed by atoms with Gasteiger partial charge in [-0.3, -0.25) is 0 Å². The zero-order chi connectivity index (χ0) is 16.5. The Kier molecular flexibility index (Phi) is 4.19. The molecule has 1 spiro atoms. The van der Waals surface area contributed by atoms with Gasteiger partial charge in [0.25, 0.3) is 0 Å². The smallest absolute Gasteiger partial charge is 0.166 e. The summed E-state index contributed by atoms with van der Waals surface area (Å²) in [6, 6.07) is 21.0. The molecule has 2 aliphatic heterocycles. The molecule has 0 saturated carbocycles. The number of quaternary nitrogens is 1. The van der Waals surface area contributed by atoms with Crippen LogP contribution in [-0.2, 0) is 5.60 Å². The van der Waals surface area contributed by atoms with Crippen LogP contribution in [0.1, 0.15) is 43.2 Å². The van der Waals surface area contributed by atoms with E-state index in [0.717, 1.165) is 22.0 Å². The van der Waals surface area contributed by atoms with E-state index in [-0.39, 0.29) is 6.04 Å². The van der Waals surface area contributed by atoms with Gasteiger partial charge in [0, 0.05) is 12.8 Å². The van der Waals surface area contributed by atoms with Crippen molar-refractivity contribution in [3.63, 3.8) is 0 Å². The number of nitrogens with zero attached hydrogens (tertiary/aromatic N) is 1. The van der Waals surface area contributed by atoms with Gasteiger partial charge in [0.1, 0.15) is 6.04 Å². The first kappa shape index (κ1) is 15.9. The zero-order valence-corrected chi connectivity index (χ0v) is 14.4. The maximum Gasteiger partial charge on any atom is 0.166 e. The normalized spacial score (nSPS) is 23.5. The molecular weight excluding hydrogens is 294 g/mol. The fourth-order valence-corrected chi connectivity index (χ4v) is 5.25. The molecule has 2 nitrogen and oxygen atoms in total. The average molecular weight is 322 g/mol. The molecule has 2 aliphatic rings. The Balaban J connectivity index is 1.84. The van der Waals surface area contributed by atoms with Crippen molar-refractivity contribution in [2.24, 2.45) is 0 Å². The van der Waals surface area contributed by atoms with Crippen molar-refractivity contribution in [2.45, 2.75) is 43.7 Å². The fourth-order valence-electron chi connectivity index (χ4n) is 5.25. The van der Waals surface area contributed by atoms with E-state index in [1.165, 1.54) is 45.3 Å². The van der Waals surface area contributed by atoms with Crippen LogP contribution in [0.2, 0.25) is 0 Å². The van der Waals surface area contributed by atoms with E-state index in [4.69, 9.17) is 0 Å². The number of aliphatic hydroxyl groups is 1. The van der Waals surface area contributed by atoms with E-state index in [0.29, 0.717) is 0 Å². The summed E-state index contributed by atoms with van der Waals surface area (Å²) in [5, 5.41) is 12.2. The third kappa shape index (κ3) is 2.49. The maximum absolute atomic E-state index is 12.2. The predicted octanol–water partition coefficient (Wildman–Crippen LogP) is 4.09. The summed E-state index contributed by atoms with van der Waals surface area (Å²) in [6.45, 7) is 3.69. The molecule has 2 fully saturated rings. The van der Waals surface area contributed by atoms with Crippen LogP contribution < -0.4 is 0 Å². The lowest BCUT2D eigenvalue weighted by Crippen LogP contribution is -2.62. The Labute approximate surface area is 145 Å². The van der Waals surface area contributed by atoms with Crippen molar-refractivity contribution in [3.05, 3.63) is 71.8 Å². The van der Waals surface area contributed by atoms with Crippen molar-refractivity contribution in [1.29, 1.82) is 0 Å². The predicted molar refractivity (Wildman–Crippen MR) is 97.6 cm³/mol. The molecule has 0 amide bonds. The van der Waals surface area contributed by atoms with Gasteiger partial charge in [-0.2, -0.15) is 0 Å². The van der Waals surface area contributed by atoms with Gasteiger partial charge in [-0.05, 0) is 30.4 Å². The Bertz CT molecular complexity index is 621. The Morgan fingerprint density at radius 2 is 1.21 bits per heavy atom. The van der Waals surface area contributed by atoms with Crippen LogP contribution in [0, 0.1) is 0 Å². The first-order chi connectivity index (χ1) is 11.8. The molecule has 24 heavy (non-hydrogen) atoms. The van der Waals surface area contributed by atoms with Crippen LogP contribution in [0.25, 0.3) is 0 Å². The highest BCUT2D eigenvalue weighted by Crippen LogP contribution is 2.45. The highest BCUT2D eigenvalue weighted by molar-refractivity contribution is 5.37. The molecule has 0 aromatic heterocycles. The van der Waals surface area contributed by atoms with Crippen molar-refractivity contribution in [3.8, 4) is 0 Å². The second-order valence-electron chi connectivity index (χ2n) is 7.61. The molecule has 1 atom stereocenters. The molecule has 2 heterocycles. The van der Waals surface area contributed by atoms with E-state index >= 15 is 0 Å². The molecule has 0 bridgehead atoms. The molecule has 0 unspecified atom stereocenters. The third-order valence-corrected chi connectivity index (χ3v) is 6.36. The van der Waals surface area contributed by atoms with E-state index in [1.807, 2.05) is 12.1 Å². The van der Waals surface area contributed by atoms with Crippen LogP contribution in [0.4, 0.5) is 0 Å². The van der Waals surface area contributed by atoms with Crippen LogP contribution >= 0.6 is 0 Å². The molecule has 1 N–H and O–H groups in total. The summed E-state index contributed by atoms with van der Waals surface area (Å²) in [5.74, 6) is 0. The van der Waals surface area contributed by atoms with Crippen molar-refractivity contribution < 1.29 is 9.59 Å². The lowest BCUT2D eigenvalue weighted by atomic mass is 9.77. The number of benzene rings is 2. The van der Waals surface area contributed by atoms with Crippen LogP contribution in [-0.4, -0.2) is 35.3 Å². The largest absolute Gasteiger partial charge is 0.374 e. The van der Waals surface area contributed by atoms with Gasteiger partial charge in [-0.1, -0.05) is 60.7 Å². The summed E-state index contributed by atoms with van der Waals surface area (Å²) in [4.78, 5) is 0. The first-order valence-corrected chi connectivity index (χ1v) is 9.45. The minimum absolute atomic E-state index is 0.266. The van der Waals surface area contributed by atoms with Crippen molar-refractivity contribution in [1.82, 2.24) is 0 Å². The van der Waals surface area contributed by atoms with E-state index in [1.54, 1.807) is 0 Å². The van der Waals surface area contributed by atoms with Gasteiger partial charge in [-0.25, -0.2) is 0 Å². The van der Waals surface area contributed by atoms with E-state index < -0.39 is 5.60 Å². The second kappa shape index (κ2) is 6.34. The highest BCUT2D eigenvalue weighted by atomic mass is 16.3. The molecule has 2 heteroatoms. The lowest BCUT2D eigenvalue weighted by molar-refractivity contribution is -0.950. The molecule has 2 aromatic rings. The van der Waals surface area contributed by atoms with E-state index in [9.17, 15) is 5.11 Å². The quantitative estimate of drug-likeness (QED) is 0.844. The van der Waals surface area contributed by atoms with Gasteiger partial charge >= 0.3 is 0 Å². The summed E-state index contributed by atoms with van der Waals surface area (Å²) in [6.07, 6.45) is 6.29. The molecule has 2 saturated heterocycles. The lowest BCUT2D eigenvalue weighted by Gasteiger charge is -2.49. The summed E-state index contributed by atoms with van der Waals surface area (Å²) in [5.41, 5.74) is 1.20. The highest BCUT2D eigenvalue weighted by Gasteiger charge is 2.55. The van der Waals surface area contributed by atoms with Gasteiger partial charge in [0.05, 0.1) is 19.6 Å². The molecular formula is C22H28NO+. The topological polar surface area (TPSA) is 20.2 Å². The molecule has 2 aromatic carbocycles. The van der Waals surface area contributed by atoms with Crippen molar-refractivity contribution >= 4 is 0 Å². The number of hydrogen-bond donors (Lipinski definition) is 1. The summed E-state index contributed by atoms with van der Waals surface area (Å²) >= 11 is 0. The summed E-state index contributed by atoms with van der Waals surface area (Å²) in [7, 11) is 0. The maximum atomic E-state index is 12.2. The number of piperidine rings is 1. The minimum Gasteiger partial charge on any atom is -0.374 e. The summed E-state index contributed by atoms with van der Waals surface area (Å²) < 4.78 is 1.11. The van der Waals surface area contributed by atoms with Gasteiger partial charge < -0.3 is 9.59 Å². The molecule has 0 aliphatic carbocycles. The standard InChI is InChI=1S/C22H28NO/c24-22(19-11-4-1-5-12-19,20-13-6-2-7-14-20)21-15-10-18-23(21)16-8-3-9-17-23/h1-2,4-7,11-14,21,24H,3,8-10,15-18H2/q+1/t21-/m0/s1. The Morgan fingerprint density at radius 3 is 1.75 bits per heavy atom. The van der Waals surface area contributed by atoms with Crippen LogP contribution in [0.3, 0.4) is 0 Å². The first-order valence-electron chi connectivity index (χ1n) is 9.45. The molecule has 126 valence electrons. The second-order valence-corrected chi connectivity index (χ2v) is 7.61. The Morgan fingerprint density at radius 1 is 0.708 bits per heavy atom. The minimum atomic E-state index is -0.892. The van der Waals surface area contributed by atoms with Crippen LogP contribution in [0.5, 0.6) is 0 Å². The molecule has 4 rings (SSSR count). The van der Waals surface area contributed by atoms with Crippen LogP contribution in [0.15, 0.2) is 60.7 Å². The monoisotopic (exact) mass is 322 g/mol. The zero-order valence-electron chi connectivity index (χ0n) is 14.4. The number of rotatable bonds is 3. The van der Waals surface area contributed by atoms with Gasteiger partial charge in [0.2, 0.25) is 0 Å². The van der Waals surface area contributed by atoms with Gasteiger partial charge in [0.15, 0.2) is 5.60 Å². The third-order valence-electron chi connectivity index (χ3n) is 6.36. The van der Waals surface area contributed by atoms with Gasteiger partial charge in [-0.15, -0.1) is 0 Å². The fraction of sp³-hybridized carbons (Fsp3) is 0.455. The Hall–Kier alpha value is -1.64. The average Bonchev–Trinajstić information content (AvgIpc) is 3.06. The van der Waals surface area contributed by atoms with E-state index in [2.05, 4.69) is 48.5 Å². The SMILES string of the molecule is OC(c1ccccc1)(c1ccccc1)[C@@H]1CCC[N+]12CCCCC2. The number of hydrogen-bond acceptors (Lipinski definition) is 1. The molecule has 0 radical (unpaired) electrons.